The Bertz CT molecular complexity index is 958. The highest BCUT2D eigenvalue weighted by molar-refractivity contribution is 5.94. The van der Waals surface area contributed by atoms with E-state index in [1.54, 1.807) is 32.9 Å². The fourth-order valence-electron chi connectivity index (χ4n) is 3.21. The number of nitrogens with two attached hydrogens (primary N) is 1. The summed E-state index contributed by atoms with van der Waals surface area (Å²) in [6.45, 7) is 5.71. The number of hydrogen-bond donors (Lipinski definition) is 3. The highest BCUT2D eigenvalue weighted by Crippen LogP contribution is 2.23. The van der Waals surface area contributed by atoms with E-state index < -0.39 is 11.5 Å². The molecule has 1 aliphatic heterocycles. The van der Waals surface area contributed by atoms with E-state index >= 15 is 0 Å². The Balaban J connectivity index is 0.00000363. The molecule has 172 valence electrons. The van der Waals surface area contributed by atoms with E-state index in [0.717, 1.165) is 5.56 Å². The summed E-state index contributed by atoms with van der Waals surface area (Å²) in [6, 6.07) is 7.09. The van der Waals surface area contributed by atoms with Gasteiger partial charge < -0.3 is 20.5 Å². The van der Waals surface area contributed by atoms with Gasteiger partial charge in [0.05, 0.1) is 23.9 Å². The van der Waals surface area contributed by atoms with Crippen LogP contribution in [0.2, 0.25) is 0 Å². The van der Waals surface area contributed by atoms with Crippen LogP contribution in [-0.4, -0.2) is 45.9 Å². The van der Waals surface area contributed by atoms with Crippen LogP contribution in [0, 0.1) is 11.3 Å². The van der Waals surface area contributed by atoms with Gasteiger partial charge in [0.25, 0.3) is 0 Å². The molecule has 0 spiro atoms. The molecule has 0 radical (unpaired) electrons. The molecule has 1 fully saturated rings. The van der Waals surface area contributed by atoms with Gasteiger partial charge in [0.2, 0.25) is 5.91 Å². The van der Waals surface area contributed by atoms with Crippen LogP contribution in [0.1, 0.15) is 39.2 Å². The van der Waals surface area contributed by atoms with Crippen LogP contribution in [0.15, 0.2) is 36.7 Å². The second-order valence-corrected chi connectivity index (χ2v) is 8.47. The zero-order valence-electron chi connectivity index (χ0n) is 18.3. The number of hydrogen-bond acceptors (Lipinski definition) is 7. The van der Waals surface area contributed by atoms with Crippen molar-refractivity contribution in [1.82, 2.24) is 15.3 Å². The SMILES string of the molecule is CC(C)(C)OC(=O)C[C@@H]1C[C@@H](COc2ccc(-c3ncc(C(=N)N)cn3)cc2)NC1=O.Cl. The van der Waals surface area contributed by atoms with Crippen molar-refractivity contribution in [3.63, 3.8) is 0 Å². The molecule has 0 saturated carbocycles. The third-order valence-corrected chi connectivity index (χ3v) is 4.65. The van der Waals surface area contributed by atoms with Gasteiger partial charge in [0.15, 0.2) is 5.82 Å². The van der Waals surface area contributed by atoms with Crippen LogP contribution in [0.5, 0.6) is 5.75 Å². The number of amidine groups is 1. The lowest BCUT2D eigenvalue weighted by Gasteiger charge is -2.20. The van der Waals surface area contributed by atoms with Gasteiger partial charge in [-0.15, -0.1) is 12.4 Å². The van der Waals surface area contributed by atoms with Crippen molar-refractivity contribution < 1.29 is 19.1 Å². The van der Waals surface area contributed by atoms with Crippen LogP contribution in [0.4, 0.5) is 0 Å². The lowest BCUT2D eigenvalue weighted by atomic mass is 10.0. The topological polar surface area (TPSA) is 140 Å². The predicted octanol–water partition coefficient (Wildman–Crippen LogP) is 2.46. The van der Waals surface area contributed by atoms with E-state index in [0.29, 0.717) is 30.2 Å². The summed E-state index contributed by atoms with van der Waals surface area (Å²) in [5.74, 6) is 0.159. The highest BCUT2D eigenvalue weighted by atomic mass is 35.5. The molecule has 1 amide bonds. The Hall–Kier alpha value is -3.20. The monoisotopic (exact) mass is 461 g/mol. The summed E-state index contributed by atoms with van der Waals surface area (Å²) in [7, 11) is 0. The number of amides is 1. The van der Waals surface area contributed by atoms with Crippen molar-refractivity contribution in [3.05, 3.63) is 42.2 Å². The number of esters is 1. The molecule has 9 nitrogen and oxygen atoms in total. The summed E-state index contributed by atoms with van der Waals surface area (Å²) < 4.78 is 11.1. The summed E-state index contributed by atoms with van der Waals surface area (Å²) in [5.41, 5.74) is 6.11. The van der Waals surface area contributed by atoms with E-state index in [4.69, 9.17) is 20.6 Å². The Morgan fingerprint density at radius 3 is 2.41 bits per heavy atom. The largest absolute Gasteiger partial charge is 0.491 e. The molecule has 1 aromatic heterocycles. The maximum atomic E-state index is 12.2. The zero-order chi connectivity index (χ0) is 22.6. The fraction of sp³-hybridized carbons (Fsp3) is 0.409. The van der Waals surface area contributed by atoms with Crippen molar-refractivity contribution in [1.29, 1.82) is 5.41 Å². The number of benzene rings is 1. The van der Waals surface area contributed by atoms with E-state index in [1.165, 1.54) is 12.4 Å². The molecule has 1 aliphatic rings. The quantitative estimate of drug-likeness (QED) is 0.326. The molecule has 1 saturated heterocycles. The standard InChI is InChI=1S/C22H27N5O4.ClH/c1-22(2,3)31-18(28)9-14-8-16(27-21(14)29)12-30-17-6-4-13(5-7-17)20-25-10-15(11-26-20)19(23)24;/h4-7,10-11,14,16H,8-9,12H2,1-3H3,(H3,23,24)(H,27,29);1H/t14-,16-;/m0./s1. The van der Waals surface area contributed by atoms with Crippen LogP contribution in [0.3, 0.4) is 0 Å². The molecule has 0 bridgehead atoms. The van der Waals surface area contributed by atoms with Crippen LogP contribution < -0.4 is 15.8 Å². The smallest absolute Gasteiger partial charge is 0.307 e. The van der Waals surface area contributed by atoms with E-state index in [-0.39, 0.29) is 42.6 Å². The van der Waals surface area contributed by atoms with Crippen molar-refractivity contribution in [2.45, 2.75) is 45.3 Å². The Labute approximate surface area is 193 Å². The molecule has 0 unspecified atom stereocenters. The third-order valence-electron chi connectivity index (χ3n) is 4.65. The first kappa shape index (κ1) is 25.1. The number of ether oxygens (including phenoxy) is 2. The Kier molecular flexibility index (Phi) is 8.15. The maximum absolute atomic E-state index is 12.2. The van der Waals surface area contributed by atoms with Gasteiger partial charge in [-0.25, -0.2) is 9.97 Å². The minimum Gasteiger partial charge on any atom is -0.491 e. The average Bonchev–Trinajstić information content (AvgIpc) is 3.04. The van der Waals surface area contributed by atoms with Crippen molar-refractivity contribution in [2.24, 2.45) is 11.7 Å². The molecule has 32 heavy (non-hydrogen) atoms. The van der Waals surface area contributed by atoms with E-state index in [1.807, 2.05) is 12.1 Å². The number of nitrogen functional groups attached to an aromatic ring is 1. The third kappa shape index (κ3) is 6.91. The van der Waals surface area contributed by atoms with Gasteiger partial charge in [0.1, 0.15) is 23.8 Å². The van der Waals surface area contributed by atoms with Crippen LogP contribution in [-0.2, 0) is 14.3 Å². The molecule has 3 rings (SSSR count). The molecule has 1 aromatic carbocycles. The Morgan fingerprint density at radius 1 is 1.22 bits per heavy atom. The number of aromatic nitrogens is 2. The lowest BCUT2D eigenvalue weighted by Crippen LogP contribution is -2.31. The van der Waals surface area contributed by atoms with Gasteiger partial charge in [-0.1, -0.05) is 0 Å². The van der Waals surface area contributed by atoms with E-state index in [2.05, 4.69) is 15.3 Å². The molecular formula is C22H28ClN5O4. The first-order chi connectivity index (χ1) is 14.6. The fourth-order valence-corrected chi connectivity index (χ4v) is 3.21. The molecule has 2 aromatic rings. The van der Waals surface area contributed by atoms with Crippen molar-refractivity contribution in [2.75, 3.05) is 6.61 Å². The zero-order valence-corrected chi connectivity index (χ0v) is 19.1. The van der Waals surface area contributed by atoms with Gasteiger partial charge in [-0.2, -0.15) is 0 Å². The van der Waals surface area contributed by atoms with Crippen molar-refractivity contribution in [3.8, 4) is 17.1 Å². The highest BCUT2D eigenvalue weighted by Gasteiger charge is 2.35. The van der Waals surface area contributed by atoms with Crippen molar-refractivity contribution >= 4 is 30.1 Å². The van der Waals surface area contributed by atoms with Gasteiger partial charge in [0, 0.05) is 18.0 Å². The maximum Gasteiger partial charge on any atom is 0.307 e. The predicted molar refractivity (Wildman–Crippen MR) is 122 cm³/mol. The Morgan fingerprint density at radius 2 is 1.84 bits per heavy atom. The molecule has 0 aliphatic carbocycles. The minimum absolute atomic E-state index is 0. The molecule has 10 heteroatoms. The number of carbonyl (C=O) groups is 2. The van der Waals surface area contributed by atoms with Gasteiger partial charge in [-0.05, 0) is 51.5 Å². The van der Waals surface area contributed by atoms with Crippen LogP contribution >= 0.6 is 12.4 Å². The summed E-state index contributed by atoms with van der Waals surface area (Å²) in [5, 5.41) is 10.3. The normalized spacial score (nSPS) is 17.8. The number of halogens is 1. The lowest BCUT2D eigenvalue weighted by molar-refractivity contribution is -0.156. The summed E-state index contributed by atoms with van der Waals surface area (Å²) >= 11 is 0. The number of nitrogens with zero attached hydrogens (tertiary/aromatic N) is 2. The van der Waals surface area contributed by atoms with E-state index in [9.17, 15) is 9.59 Å². The molecule has 2 atom stereocenters. The van der Waals surface area contributed by atoms with Crippen LogP contribution in [0.25, 0.3) is 11.4 Å². The first-order valence-corrected chi connectivity index (χ1v) is 10.0. The first-order valence-electron chi connectivity index (χ1n) is 10.0. The molecule has 4 N–H and O–H groups in total. The van der Waals surface area contributed by atoms with Gasteiger partial charge in [-0.3, -0.25) is 15.0 Å². The summed E-state index contributed by atoms with van der Waals surface area (Å²) in [4.78, 5) is 32.6. The average molecular weight is 462 g/mol. The second kappa shape index (κ2) is 10.4. The number of rotatable bonds is 7. The number of nitrogens with one attached hydrogen (secondary N) is 2. The second-order valence-electron chi connectivity index (χ2n) is 8.47. The molecular weight excluding hydrogens is 434 g/mol. The summed E-state index contributed by atoms with van der Waals surface area (Å²) in [6.07, 6.45) is 3.60. The van der Waals surface area contributed by atoms with Gasteiger partial charge >= 0.3 is 5.97 Å². The molecule has 2 heterocycles. The number of carbonyl (C=O) groups excluding carboxylic acids is 2. The minimum atomic E-state index is -0.568.